The third-order valence-electron chi connectivity index (χ3n) is 3.07. The minimum absolute atomic E-state index is 0.0546. The molecule has 0 aromatic heterocycles. The Morgan fingerprint density at radius 2 is 2.33 bits per heavy atom. The summed E-state index contributed by atoms with van der Waals surface area (Å²) < 4.78 is 5.60. The Bertz CT molecular complexity index is 442. The van der Waals surface area contributed by atoms with E-state index in [0.717, 1.165) is 25.2 Å². The molecule has 4 nitrogen and oxygen atoms in total. The van der Waals surface area contributed by atoms with Crippen molar-refractivity contribution in [3.8, 4) is 6.07 Å². The van der Waals surface area contributed by atoms with Crippen LogP contribution in [-0.4, -0.2) is 41.9 Å². The Kier molecular flexibility index (Phi) is 4.32. The Morgan fingerprint density at radius 3 is 3.06 bits per heavy atom. The molecule has 1 fully saturated rings. The third kappa shape index (κ3) is 3.30. The van der Waals surface area contributed by atoms with E-state index in [0.29, 0.717) is 5.56 Å². The van der Waals surface area contributed by atoms with Gasteiger partial charge in [0.15, 0.2) is 0 Å². The summed E-state index contributed by atoms with van der Waals surface area (Å²) in [5.74, 6) is 0. The van der Waals surface area contributed by atoms with E-state index < -0.39 is 0 Å². The molecule has 2 atom stereocenters. The highest BCUT2D eigenvalue weighted by Gasteiger charge is 2.24. The molecule has 96 valence electrons. The summed E-state index contributed by atoms with van der Waals surface area (Å²) >= 11 is 0. The predicted molar refractivity (Wildman–Crippen MR) is 67.9 cm³/mol. The van der Waals surface area contributed by atoms with E-state index in [1.54, 1.807) is 0 Å². The van der Waals surface area contributed by atoms with Gasteiger partial charge in [0, 0.05) is 19.6 Å². The molecular formula is C14H18N2O2. The van der Waals surface area contributed by atoms with E-state index in [2.05, 4.69) is 11.0 Å². The lowest BCUT2D eigenvalue weighted by molar-refractivity contribution is -0.0972. The van der Waals surface area contributed by atoms with Crippen molar-refractivity contribution in [2.75, 3.05) is 19.7 Å². The van der Waals surface area contributed by atoms with Gasteiger partial charge in [0.2, 0.25) is 0 Å². The molecule has 1 saturated heterocycles. The van der Waals surface area contributed by atoms with Crippen molar-refractivity contribution < 1.29 is 9.84 Å². The van der Waals surface area contributed by atoms with Crippen LogP contribution in [0.15, 0.2) is 24.3 Å². The van der Waals surface area contributed by atoms with Crippen molar-refractivity contribution in [2.24, 2.45) is 0 Å². The lowest BCUT2D eigenvalue weighted by Crippen LogP contribution is -2.47. The molecule has 2 unspecified atom stereocenters. The monoisotopic (exact) mass is 246 g/mol. The Labute approximate surface area is 107 Å². The van der Waals surface area contributed by atoms with E-state index in [4.69, 9.17) is 10.00 Å². The van der Waals surface area contributed by atoms with Crippen molar-refractivity contribution in [1.29, 1.82) is 5.26 Å². The number of benzene rings is 1. The predicted octanol–water partition coefficient (Wildman–Crippen LogP) is 1.14. The number of hydrogen-bond donors (Lipinski definition) is 1. The molecule has 1 N–H and O–H groups in total. The topological polar surface area (TPSA) is 56.5 Å². The number of ether oxygens (including phenoxy) is 1. The maximum absolute atomic E-state index is 9.18. The van der Waals surface area contributed by atoms with Crippen LogP contribution in [0.5, 0.6) is 0 Å². The van der Waals surface area contributed by atoms with Gasteiger partial charge in [-0.2, -0.15) is 5.26 Å². The van der Waals surface area contributed by atoms with Crippen LogP contribution < -0.4 is 0 Å². The minimum atomic E-state index is -0.104. The van der Waals surface area contributed by atoms with Crippen molar-refractivity contribution in [3.63, 3.8) is 0 Å². The van der Waals surface area contributed by atoms with E-state index in [1.807, 2.05) is 31.2 Å². The van der Waals surface area contributed by atoms with Crippen molar-refractivity contribution in [2.45, 2.75) is 25.7 Å². The van der Waals surface area contributed by atoms with Gasteiger partial charge in [-0.15, -0.1) is 0 Å². The van der Waals surface area contributed by atoms with Crippen LogP contribution in [0.1, 0.15) is 18.1 Å². The van der Waals surface area contributed by atoms with Crippen LogP contribution in [0.4, 0.5) is 0 Å². The van der Waals surface area contributed by atoms with Gasteiger partial charge in [0.1, 0.15) is 0 Å². The SMILES string of the molecule is CC1CN(Cc2cccc(C#N)c2)CC(CO)O1. The zero-order valence-electron chi connectivity index (χ0n) is 10.5. The third-order valence-corrected chi connectivity index (χ3v) is 3.07. The van der Waals surface area contributed by atoms with Gasteiger partial charge in [-0.25, -0.2) is 0 Å². The van der Waals surface area contributed by atoms with Crippen LogP contribution >= 0.6 is 0 Å². The van der Waals surface area contributed by atoms with Crippen molar-refractivity contribution in [3.05, 3.63) is 35.4 Å². The number of aliphatic hydroxyl groups is 1. The number of aliphatic hydroxyl groups excluding tert-OH is 1. The quantitative estimate of drug-likeness (QED) is 0.869. The second-order valence-corrected chi connectivity index (χ2v) is 4.76. The molecule has 0 bridgehead atoms. The summed E-state index contributed by atoms with van der Waals surface area (Å²) in [6.07, 6.45) is 0.0305. The summed E-state index contributed by atoms with van der Waals surface area (Å²) in [6, 6.07) is 9.80. The molecule has 0 aliphatic carbocycles. The number of rotatable bonds is 3. The molecular weight excluding hydrogens is 228 g/mol. The average molecular weight is 246 g/mol. The highest BCUT2D eigenvalue weighted by molar-refractivity contribution is 5.32. The van der Waals surface area contributed by atoms with Crippen LogP contribution in [0.2, 0.25) is 0 Å². The van der Waals surface area contributed by atoms with Gasteiger partial charge in [-0.05, 0) is 24.6 Å². The highest BCUT2D eigenvalue weighted by atomic mass is 16.5. The first-order valence-electron chi connectivity index (χ1n) is 6.19. The first-order chi connectivity index (χ1) is 8.71. The van der Waals surface area contributed by atoms with E-state index in [9.17, 15) is 5.11 Å². The highest BCUT2D eigenvalue weighted by Crippen LogP contribution is 2.15. The Morgan fingerprint density at radius 1 is 1.50 bits per heavy atom. The van der Waals surface area contributed by atoms with Crippen molar-refractivity contribution >= 4 is 0 Å². The van der Waals surface area contributed by atoms with Crippen LogP contribution in [-0.2, 0) is 11.3 Å². The average Bonchev–Trinajstić information content (AvgIpc) is 2.38. The van der Waals surface area contributed by atoms with Crippen LogP contribution in [0.25, 0.3) is 0 Å². The normalized spacial score (nSPS) is 24.7. The minimum Gasteiger partial charge on any atom is -0.394 e. The molecule has 1 aromatic rings. The summed E-state index contributed by atoms with van der Waals surface area (Å²) in [4.78, 5) is 2.26. The second-order valence-electron chi connectivity index (χ2n) is 4.76. The van der Waals surface area contributed by atoms with Gasteiger partial charge in [0.05, 0.1) is 30.4 Å². The van der Waals surface area contributed by atoms with Crippen LogP contribution in [0.3, 0.4) is 0 Å². The lowest BCUT2D eigenvalue weighted by atomic mass is 10.1. The number of nitriles is 1. The lowest BCUT2D eigenvalue weighted by Gasteiger charge is -2.36. The molecule has 2 rings (SSSR count). The maximum atomic E-state index is 9.18. The Balaban J connectivity index is 2.02. The standard InChI is InChI=1S/C14H18N2O2/c1-11-7-16(9-14(10-17)18-11)8-13-4-2-3-12(5-13)6-15/h2-5,11,14,17H,7-10H2,1H3. The molecule has 0 spiro atoms. The van der Waals surface area contributed by atoms with E-state index >= 15 is 0 Å². The first-order valence-corrected chi connectivity index (χ1v) is 6.19. The fourth-order valence-corrected chi connectivity index (χ4v) is 2.37. The van der Waals surface area contributed by atoms with E-state index in [1.165, 1.54) is 0 Å². The Hall–Kier alpha value is -1.41. The fraction of sp³-hybridized carbons (Fsp3) is 0.500. The molecule has 18 heavy (non-hydrogen) atoms. The summed E-state index contributed by atoms with van der Waals surface area (Å²) in [5.41, 5.74) is 1.81. The van der Waals surface area contributed by atoms with Gasteiger partial charge < -0.3 is 9.84 Å². The number of hydrogen-bond acceptors (Lipinski definition) is 4. The van der Waals surface area contributed by atoms with Gasteiger partial charge in [0.25, 0.3) is 0 Å². The number of morpholine rings is 1. The summed E-state index contributed by atoms with van der Waals surface area (Å²) in [6.45, 7) is 4.45. The van der Waals surface area contributed by atoms with Gasteiger partial charge >= 0.3 is 0 Å². The molecule has 4 heteroatoms. The molecule has 0 radical (unpaired) electrons. The molecule has 1 aromatic carbocycles. The number of nitrogens with zero attached hydrogens (tertiary/aromatic N) is 2. The molecule has 1 aliphatic heterocycles. The van der Waals surface area contributed by atoms with E-state index in [-0.39, 0.29) is 18.8 Å². The van der Waals surface area contributed by atoms with Crippen molar-refractivity contribution in [1.82, 2.24) is 4.90 Å². The first kappa shape index (κ1) is 13.0. The van der Waals surface area contributed by atoms with Crippen LogP contribution in [0, 0.1) is 11.3 Å². The fourth-order valence-electron chi connectivity index (χ4n) is 2.37. The second kappa shape index (κ2) is 5.96. The zero-order valence-corrected chi connectivity index (χ0v) is 10.5. The van der Waals surface area contributed by atoms with Gasteiger partial charge in [-0.3, -0.25) is 4.90 Å². The smallest absolute Gasteiger partial charge is 0.0991 e. The largest absolute Gasteiger partial charge is 0.394 e. The molecule has 0 amide bonds. The summed E-state index contributed by atoms with van der Waals surface area (Å²) in [5, 5.41) is 18.1. The zero-order chi connectivity index (χ0) is 13.0. The van der Waals surface area contributed by atoms with Gasteiger partial charge in [-0.1, -0.05) is 12.1 Å². The molecule has 1 aliphatic rings. The molecule has 1 heterocycles. The summed E-state index contributed by atoms with van der Waals surface area (Å²) in [7, 11) is 0. The molecule has 0 saturated carbocycles. The maximum Gasteiger partial charge on any atom is 0.0991 e.